The SMILES string of the molecule is CC1(C)OB(c2cnc3ccc(C(F)(F)F)cc3c2)OC1(C)C. The lowest BCUT2D eigenvalue weighted by Gasteiger charge is -2.32. The molecular formula is C16H17BF3NO2. The van der Waals surface area contributed by atoms with E-state index in [4.69, 9.17) is 9.31 Å². The van der Waals surface area contributed by atoms with Gasteiger partial charge >= 0.3 is 13.3 Å². The fourth-order valence-corrected chi connectivity index (χ4v) is 2.43. The molecular weight excluding hydrogens is 306 g/mol. The highest BCUT2D eigenvalue weighted by Gasteiger charge is 2.51. The van der Waals surface area contributed by atoms with Crippen LogP contribution in [0.25, 0.3) is 10.9 Å². The Labute approximate surface area is 132 Å². The smallest absolute Gasteiger partial charge is 0.399 e. The molecule has 23 heavy (non-hydrogen) atoms. The normalized spacial score (nSPS) is 20.2. The molecule has 1 fully saturated rings. The maximum absolute atomic E-state index is 12.9. The Morgan fingerprint density at radius 1 is 1.00 bits per heavy atom. The van der Waals surface area contributed by atoms with Crippen LogP contribution in [0, 0.1) is 0 Å². The van der Waals surface area contributed by atoms with Crippen LogP contribution < -0.4 is 5.46 Å². The molecule has 0 radical (unpaired) electrons. The van der Waals surface area contributed by atoms with Crippen LogP contribution in [0.5, 0.6) is 0 Å². The summed E-state index contributed by atoms with van der Waals surface area (Å²) in [4.78, 5) is 4.22. The first kappa shape index (κ1) is 16.3. The summed E-state index contributed by atoms with van der Waals surface area (Å²) in [5.74, 6) is 0. The van der Waals surface area contributed by atoms with E-state index >= 15 is 0 Å². The number of hydrogen-bond acceptors (Lipinski definition) is 3. The Morgan fingerprint density at radius 3 is 2.17 bits per heavy atom. The van der Waals surface area contributed by atoms with Gasteiger partial charge in [-0.15, -0.1) is 0 Å². The minimum absolute atomic E-state index is 0.409. The first-order valence-corrected chi connectivity index (χ1v) is 7.32. The molecule has 2 heterocycles. The van der Waals surface area contributed by atoms with E-state index < -0.39 is 30.1 Å². The summed E-state index contributed by atoms with van der Waals surface area (Å²) < 4.78 is 50.4. The van der Waals surface area contributed by atoms with Crippen molar-refractivity contribution in [2.75, 3.05) is 0 Å². The number of benzene rings is 1. The minimum atomic E-state index is -4.38. The van der Waals surface area contributed by atoms with Gasteiger partial charge < -0.3 is 9.31 Å². The maximum Gasteiger partial charge on any atom is 0.496 e. The Balaban J connectivity index is 2.00. The third-order valence-electron chi connectivity index (χ3n) is 4.56. The summed E-state index contributed by atoms with van der Waals surface area (Å²) in [6.45, 7) is 7.68. The molecule has 0 amide bonds. The monoisotopic (exact) mass is 323 g/mol. The van der Waals surface area contributed by atoms with Crippen molar-refractivity contribution in [1.82, 2.24) is 4.98 Å². The van der Waals surface area contributed by atoms with Crippen molar-refractivity contribution < 1.29 is 22.5 Å². The average molecular weight is 323 g/mol. The van der Waals surface area contributed by atoms with Crippen LogP contribution in [0.15, 0.2) is 30.5 Å². The zero-order valence-corrected chi connectivity index (χ0v) is 13.4. The Bertz CT molecular complexity index is 743. The van der Waals surface area contributed by atoms with E-state index in [2.05, 4.69) is 4.98 Å². The quantitative estimate of drug-likeness (QED) is 0.752. The number of fused-ring (bicyclic) bond motifs is 1. The van der Waals surface area contributed by atoms with Gasteiger partial charge in [-0.25, -0.2) is 0 Å². The Morgan fingerprint density at radius 2 is 1.61 bits per heavy atom. The van der Waals surface area contributed by atoms with Crippen molar-refractivity contribution in [3.63, 3.8) is 0 Å². The van der Waals surface area contributed by atoms with Gasteiger partial charge in [-0.05, 0) is 45.9 Å². The molecule has 1 aliphatic heterocycles. The fourth-order valence-electron chi connectivity index (χ4n) is 2.43. The molecule has 3 rings (SSSR count). The minimum Gasteiger partial charge on any atom is -0.399 e. The van der Waals surface area contributed by atoms with Crippen molar-refractivity contribution >= 4 is 23.5 Å². The molecule has 0 unspecified atom stereocenters. The topological polar surface area (TPSA) is 31.4 Å². The van der Waals surface area contributed by atoms with Gasteiger partial charge in [-0.1, -0.05) is 6.07 Å². The third kappa shape index (κ3) is 2.83. The van der Waals surface area contributed by atoms with Crippen LogP contribution in [0.4, 0.5) is 13.2 Å². The lowest BCUT2D eigenvalue weighted by Crippen LogP contribution is -2.41. The van der Waals surface area contributed by atoms with Crippen LogP contribution in [0.3, 0.4) is 0 Å². The standard InChI is InChI=1S/C16H17BF3NO2/c1-14(2)15(3,4)23-17(22-14)12-8-10-7-11(16(18,19)20)5-6-13(10)21-9-12/h5-9H,1-4H3. The van der Waals surface area contributed by atoms with Gasteiger partial charge in [0.2, 0.25) is 0 Å². The molecule has 1 aromatic heterocycles. The molecule has 122 valence electrons. The number of alkyl halides is 3. The van der Waals surface area contributed by atoms with Crippen LogP contribution in [-0.2, 0) is 15.5 Å². The second-order valence-electron chi connectivity index (χ2n) is 6.76. The maximum atomic E-state index is 12.9. The van der Waals surface area contributed by atoms with Crippen molar-refractivity contribution in [2.24, 2.45) is 0 Å². The number of hydrogen-bond donors (Lipinski definition) is 0. The molecule has 0 atom stereocenters. The first-order chi connectivity index (χ1) is 10.5. The van der Waals surface area contributed by atoms with E-state index in [1.54, 1.807) is 12.3 Å². The number of rotatable bonds is 1. The molecule has 0 aliphatic carbocycles. The average Bonchev–Trinajstić information content (AvgIpc) is 2.65. The number of aromatic nitrogens is 1. The van der Waals surface area contributed by atoms with Crippen LogP contribution in [-0.4, -0.2) is 23.3 Å². The molecule has 1 aliphatic rings. The molecule has 3 nitrogen and oxygen atoms in total. The van der Waals surface area contributed by atoms with Gasteiger partial charge in [0, 0.05) is 17.0 Å². The highest BCUT2D eigenvalue weighted by atomic mass is 19.4. The molecule has 1 aromatic carbocycles. The molecule has 0 N–H and O–H groups in total. The zero-order valence-electron chi connectivity index (χ0n) is 13.4. The predicted molar refractivity (Wildman–Crippen MR) is 82.5 cm³/mol. The summed E-state index contributed by atoms with van der Waals surface area (Å²) in [6.07, 6.45) is -2.80. The second-order valence-corrected chi connectivity index (χ2v) is 6.76. The molecule has 1 saturated heterocycles. The van der Waals surface area contributed by atoms with Crippen molar-refractivity contribution in [3.05, 3.63) is 36.0 Å². The van der Waals surface area contributed by atoms with Crippen molar-refractivity contribution in [1.29, 1.82) is 0 Å². The van der Waals surface area contributed by atoms with Crippen molar-refractivity contribution in [3.8, 4) is 0 Å². The number of halogens is 3. The zero-order chi connectivity index (χ0) is 17.0. The Kier molecular flexibility index (Phi) is 3.50. The molecule has 2 aromatic rings. The van der Waals surface area contributed by atoms with E-state index in [0.29, 0.717) is 16.4 Å². The summed E-state index contributed by atoms with van der Waals surface area (Å²) in [7, 11) is -0.647. The van der Waals surface area contributed by atoms with Gasteiger partial charge in [0.25, 0.3) is 0 Å². The van der Waals surface area contributed by atoms with Crippen LogP contribution in [0.2, 0.25) is 0 Å². The van der Waals surface area contributed by atoms with Gasteiger partial charge in [0.05, 0.1) is 22.3 Å². The van der Waals surface area contributed by atoms with E-state index in [0.717, 1.165) is 12.1 Å². The van der Waals surface area contributed by atoms with E-state index in [1.807, 2.05) is 27.7 Å². The first-order valence-electron chi connectivity index (χ1n) is 7.32. The molecule has 0 saturated carbocycles. The third-order valence-corrected chi connectivity index (χ3v) is 4.56. The summed E-state index contributed by atoms with van der Waals surface area (Å²) >= 11 is 0. The predicted octanol–water partition coefficient (Wildman–Crippen LogP) is 3.55. The molecule has 0 spiro atoms. The van der Waals surface area contributed by atoms with E-state index in [1.165, 1.54) is 6.07 Å². The fraction of sp³-hybridized carbons (Fsp3) is 0.438. The van der Waals surface area contributed by atoms with Gasteiger partial charge in [0.1, 0.15) is 0 Å². The Hall–Kier alpha value is -1.60. The number of pyridine rings is 1. The highest BCUT2D eigenvalue weighted by molar-refractivity contribution is 6.62. The van der Waals surface area contributed by atoms with E-state index in [9.17, 15) is 13.2 Å². The second kappa shape index (κ2) is 4.95. The largest absolute Gasteiger partial charge is 0.496 e. The van der Waals surface area contributed by atoms with Crippen LogP contribution in [0.1, 0.15) is 33.3 Å². The van der Waals surface area contributed by atoms with Gasteiger partial charge in [0.15, 0.2) is 0 Å². The summed E-state index contributed by atoms with van der Waals surface area (Å²) in [6, 6.07) is 5.13. The van der Waals surface area contributed by atoms with E-state index in [-0.39, 0.29) is 0 Å². The van der Waals surface area contributed by atoms with Crippen LogP contribution >= 0.6 is 0 Å². The highest BCUT2D eigenvalue weighted by Crippen LogP contribution is 2.36. The summed E-state index contributed by atoms with van der Waals surface area (Å²) in [5, 5.41) is 0.409. The lowest BCUT2D eigenvalue weighted by molar-refractivity contribution is -0.137. The summed E-state index contributed by atoms with van der Waals surface area (Å²) in [5.41, 5.74) is -0.618. The molecule has 7 heteroatoms. The van der Waals surface area contributed by atoms with Gasteiger partial charge in [-0.2, -0.15) is 13.2 Å². The van der Waals surface area contributed by atoms with Crippen molar-refractivity contribution in [2.45, 2.75) is 45.1 Å². The number of nitrogens with zero attached hydrogens (tertiary/aromatic N) is 1. The molecule has 0 bridgehead atoms. The lowest BCUT2D eigenvalue weighted by atomic mass is 9.79. The van der Waals surface area contributed by atoms with Gasteiger partial charge in [-0.3, -0.25) is 4.98 Å².